The van der Waals surface area contributed by atoms with Gasteiger partial charge in [0.15, 0.2) is 0 Å². The van der Waals surface area contributed by atoms with E-state index in [0.29, 0.717) is 10.1 Å². The molecule has 1 aromatic rings. The van der Waals surface area contributed by atoms with Crippen molar-refractivity contribution in [2.24, 2.45) is 0 Å². The molecular weight excluding hydrogens is 300 g/mol. The van der Waals surface area contributed by atoms with Gasteiger partial charge in [0.2, 0.25) is 0 Å². The van der Waals surface area contributed by atoms with Crippen LogP contribution in [0.5, 0.6) is 0 Å². The molecular formula is C19H18FeO. The van der Waals surface area contributed by atoms with Crippen LogP contribution in [0.2, 0.25) is 47.7 Å². The van der Waals surface area contributed by atoms with Crippen LogP contribution in [0.25, 0.3) is 0 Å². The summed E-state index contributed by atoms with van der Waals surface area (Å²) in [5.74, 6) is 0.691. The van der Waals surface area contributed by atoms with Crippen LogP contribution in [0, 0.1) is 0 Å². The van der Waals surface area contributed by atoms with Gasteiger partial charge in [0.25, 0.3) is 0 Å². The van der Waals surface area contributed by atoms with Crippen LogP contribution in [0.15, 0.2) is 24.3 Å². The Balaban J connectivity index is 1.30. The quantitative estimate of drug-likeness (QED) is 0.553. The fourth-order valence-electron chi connectivity index (χ4n) is 17.9. The second-order valence-electron chi connectivity index (χ2n) is 12.1. The van der Waals surface area contributed by atoms with Crippen molar-refractivity contribution in [2.75, 3.05) is 0 Å². The van der Waals surface area contributed by atoms with E-state index in [0.717, 1.165) is 21.6 Å². The van der Waals surface area contributed by atoms with Gasteiger partial charge in [-0.3, -0.25) is 0 Å². The maximum atomic E-state index is 13.6. The second kappa shape index (κ2) is 0.787. The van der Waals surface area contributed by atoms with Gasteiger partial charge in [0.1, 0.15) is 0 Å². The van der Waals surface area contributed by atoms with Crippen molar-refractivity contribution in [1.29, 1.82) is 0 Å². The normalized spacial score (nSPS) is 98.4. The van der Waals surface area contributed by atoms with E-state index < -0.39 is 6.51 Å². The fourth-order valence-corrected chi connectivity index (χ4v) is 91.7. The van der Waals surface area contributed by atoms with Crippen LogP contribution >= 0.6 is 0 Å². The van der Waals surface area contributed by atoms with Crippen LogP contribution < -0.4 is 0 Å². The van der Waals surface area contributed by atoms with Gasteiger partial charge in [-0.25, -0.2) is 0 Å². The van der Waals surface area contributed by atoms with E-state index in [1.165, 1.54) is 39.3 Å². The Hall–Kier alpha value is -0.591. The van der Waals surface area contributed by atoms with Crippen LogP contribution in [-0.2, 0) is 12.9 Å². The number of Topliss-reactive ketones (excluding diaryl/α,β-unsaturated/α-hetero) is 1. The molecule has 1 spiro atoms. The SMILES string of the molecule is CCc1ccc(C(=O)[C]23[CH]4[CH]5[CH]6[CH]2[Fe]56432789[CH]3[CH]2[CH]7[CH]8[CH]39)cc1. The van der Waals surface area contributed by atoms with Crippen molar-refractivity contribution in [3.63, 3.8) is 0 Å². The molecule has 2 heteroatoms. The molecule has 4 atom stereocenters. The predicted octanol–water partition coefficient (Wildman–Crippen LogP) is 5.19. The van der Waals surface area contributed by atoms with E-state index in [1.807, 2.05) is 0 Å². The van der Waals surface area contributed by atoms with Crippen LogP contribution in [0.4, 0.5) is 0 Å². The molecule has 11 rings (SSSR count). The van der Waals surface area contributed by atoms with E-state index in [1.54, 1.807) is 0 Å². The molecule has 4 unspecified atom stereocenters. The van der Waals surface area contributed by atoms with Crippen molar-refractivity contribution < 1.29 is 11.3 Å². The van der Waals surface area contributed by atoms with Crippen LogP contribution in [-0.4, -0.2) is 5.78 Å². The summed E-state index contributed by atoms with van der Waals surface area (Å²) < 4.78 is 0.410. The van der Waals surface area contributed by atoms with Gasteiger partial charge >= 0.3 is 113 Å². The summed E-state index contributed by atoms with van der Waals surface area (Å²) >= 11 is 0. The zero-order valence-electron chi connectivity index (χ0n) is 12.0. The molecule has 0 saturated carbocycles. The molecule has 10 heterocycles. The third-order valence-corrected chi connectivity index (χ3v) is 58.9. The van der Waals surface area contributed by atoms with Crippen LogP contribution in [0.3, 0.4) is 0 Å². The number of hydrogen-bond donors (Lipinski definition) is 0. The van der Waals surface area contributed by atoms with Crippen molar-refractivity contribution in [2.45, 2.75) is 61.0 Å². The third kappa shape index (κ3) is 0.107. The minimum absolute atomic E-state index is 0.410. The first-order valence-electron chi connectivity index (χ1n) is 8.84. The van der Waals surface area contributed by atoms with E-state index >= 15 is 0 Å². The molecule has 10 aliphatic rings. The molecule has 21 heavy (non-hydrogen) atoms. The molecule has 10 saturated heterocycles. The molecule has 108 valence electrons. The number of ketones is 1. The molecule has 0 amide bonds. The molecule has 10 aliphatic heterocycles. The Morgan fingerprint density at radius 1 is 0.952 bits per heavy atom. The number of rotatable bonds is 3. The summed E-state index contributed by atoms with van der Waals surface area (Å²) in [5.41, 5.74) is 2.47. The van der Waals surface area contributed by atoms with Crippen molar-refractivity contribution in [3.05, 3.63) is 35.4 Å². The topological polar surface area (TPSA) is 17.1 Å². The van der Waals surface area contributed by atoms with Crippen molar-refractivity contribution in [3.8, 4) is 0 Å². The minimum atomic E-state index is -3.22. The van der Waals surface area contributed by atoms with Crippen molar-refractivity contribution >= 4 is 5.78 Å². The summed E-state index contributed by atoms with van der Waals surface area (Å²) in [6.45, 7) is -1.02. The first kappa shape index (κ1) is 8.31. The Bertz CT molecular complexity index is 1180. The van der Waals surface area contributed by atoms with Gasteiger partial charge in [-0.05, 0) is 0 Å². The Kier molecular flexibility index (Phi) is 0.312. The van der Waals surface area contributed by atoms with Crippen LogP contribution in [0.1, 0.15) is 22.8 Å². The monoisotopic (exact) mass is 318 g/mol. The van der Waals surface area contributed by atoms with Gasteiger partial charge in [-0.15, -0.1) is 0 Å². The first-order valence-corrected chi connectivity index (χ1v) is 15.1. The molecule has 1 aromatic carbocycles. The maximum absolute atomic E-state index is 13.6. The Morgan fingerprint density at radius 3 is 1.81 bits per heavy atom. The average molecular weight is 318 g/mol. The number of fused-ring (bicyclic) bond motifs is 10. The van der Waals surface area contributed by atoms with E-state index in [9.17, 15) is 4.79 Å². The zero-order valence-corrected chi connectivity index (χ0v) is 13.1. The molecule has 10 fully saturated rings. The zero-order chi connectivity index (χ0) is 13.3. The molecule has 0 bridgehead atoms. The van der Waals surface area contributed by atoms with Crippen molar-refractivity contribution in [1.82, 2.24) is 0 Å². The molecule has 0 N–H and O–H groups in total. The summed E-state index contributed by atoms with van der Waals surface area (Å²) in [4.78, 5) is 24.7. The summed E-state index contributed by atoms with van der Waals surface area (Å²) in [7, 11) is 0. The number of hydrogen-bond acceptors (Lipinski definition) is 1. The van der Waals surface area contributed by atoms with Gasteiger partial charge in [-0.2, -0.15) is 0 Å². The number of carbonyl (C=O) groups excluding carboxylic acids is 1. The summed E-state index contributed by atoms with van der Waals surface area (Å²) in [6, 6.07) is 8.76. The summed E-state index contributed by atoms with van der Waals surface area (Å²) in [5, 5.41) is 0. The second-order valence-corrected chi connectivity index (χ2v) is 35.6. The van der Waals surface area contributed by atoms with Gasteiger partial charge in [0.05, 0.1) is 0 Å². The molecule has 0 aromatic heterocycles. The first-order chi connectivity index (χ1) is 9.99. The average Bonchev–Trinajstić information content (AvgIpc) is 3.47. The Morgan fingerprint density at radius 2 is 1.48 bits per heavy atom. The number of aryl methyl sites for hydroxylation is 1. The van der Waals surface area contributed by atoms with E-state index in [2.05, 4.69) is 31.2 Å². The standard InChI is InChI=1S/C14H13O.C5H5.Fe/c1-2-11-7-9-13(10-8-11)14(15)12-5-3-4-6-12;1-2-4-5-3-1;/h3-10H,2H2,1H3;1-5H;. The molecule has 0 aliphatic carbocycles. The Labute approximate surface area is 113 Å². The van der Waals surface area contributed by atoms with Gasteiger partial charge in [0, 0.05) is 0 Å². The van der Waals surface area contributed by atoms with E-state index in [-0.39, 0.29) is 0 Å². The number of carbonyl (C=O) groups is 1. The number of benzene rings is 1. The molecule has 1 nitrogen and oxygen atoms in total. The summed E-state index contributed by atoms with van der Waals surface area (Å²) in [6.07, 6.45) is 1.08. The fraction of sp³-hybridized carbons (Fsp3) is 0.632. The van der Waals surface area contributed by atoms with Gasteiger partial charge < -0.3 is 0 Å². The van der Waals surface area contributed by atoms with E-state index in [4.69, 9.17) is 0 Å². The van der Waals surface area contributed by atoms with Gasteiger partial charge in [-0.1, -0.05) is 0 Å². The molecule has 0 radical (unpaired) electrons. The predicted molar refractivity (Wildman–Crippen MR) is 76.6 cm³/mol. The third-order valence-electron chi connectivity index (χ3n) is 16.6.